The minimum atomic E-state index is 0.738. The molecular formula is C17H14N4OS2. The molecule has 0 bridgehead atoms. The van der Waals surface area contributed by atoms with Gasteiger partial charge >= 0.3 is 0 Å². The average molecular weight is 354 g/mol. The molecule has 0 spiro atoms. The largest absolute Gasteiger partial charge is 0.459 e. The Kier molecular flexibility index (Phi) is 4.18. The fourth-order valence-electron chi connectivity index (χ4n) is 2.26. The molecule has 0 N–H and O–H groups in total. The Morgan fingerprint density at radius 3 is 2.83 bits per heavy atom. The van der Waals surface area contributed by atoms with Crippen LogP contribution in [0.5, 0.6) is 0 Å². The predicted octanol–water partition coefficient (Wildman–Crippen LogP) is 4.58. The Morgan fingerprint density at radius 2 is 2.04 bits per heavy atom. The van der Waals surface area contributed by atoms with Crippen molar-refractivity contribution in [1.82, 2.24) is 19.7 Å². The number of aromatic nitrogens is 4. The number of benzene rings is 1. The molecular weight excluding hydrogens is 340 g/mol. The van der Waals surface area contributed by atoms with E-state index < -0.39 is 0 Å². The molecule has 0 saturated carbocycles. The van der Waals surface area contributed by atoms with E-state index in [1.165, 1.54) is 0 Å². The maximum atomic E-state index is 5.62. The van der Waals surface area contributed by atoms with Gasteiger partial charge in [0, 0.05) is 16.8 Å². The molecule has 0 amide bonds. The van der Waals surface area contributed by atoms with Crippen LogP contribution >= 0.6 is 23.1 Å². The maximum absolute atomic E-state index is 5.62. The van der Waals surface area contributed by atoms with Gasteiger partial charge < -0.3 is 4.42 Å². The number of hydrogen-bond acceptors (Lipinski definition) is 6. The standard InChI is InChI=1S/C17H14N4OS2/c1-12-7-8-15(22-12)16-19-13(9-23-16)10-24-17-20-18-11-21(17)14-5-3-2-4-6-14/h2-9,11H,10H2,1H3. The maximum Gasteiger partial charge on any atom is 0.195 e. The number of furan rings is 1. The smallest absolute Gasteiger partial charge is 0.195 e. The number of thiazole rings is 1. The van der Waals surface area contributed by atoms with E-state index in [4.69, 9.17) is 4.42 Å². The molecule has 0 fully saturated rings. The molecule has 3 aromatic heterocycles. The van der Waals surface area contributed by atoms with Crippen LogP contribution in [0, 0.1) is 6.92 Å². The monoisotopic (exact) mass is 354 g/mol. The Hall–Kier alpha value is -2.38. The zero-order valence-electron chi connectivity index (χ0n) is 12.9. The van der Waals surface area contributed by atoms with Gasteiger partial charge in [0.05, 0.1) is 5.69 Å². The lowest BCUT2D eigenvalue weighted by atomic mass is 10.3. The second-order valence-corrected chi connectivity index (χ2v) is 6.96. The van der Waals surface area contributed by atoms with E-state index in [-0.39, 0.29) is 0 Å². The van der Waals surface area contributed by atoms with Crippen molar-refractivity contribution in [3.63, 3.8) is 0 Å². The molecule has 5 nitrogen and oxygen atoms in total. The van der Waals surface area contributed by atoms with Gasteiger partial charge in [0.1, 0.15) is 12.1 Å². The first-order chi connectivity index (χ1) is 11.8. The van der Waals surface area contributed by atoms with E-state index in [1.54, 1.807) is 29.4 Å². The number of nitrogens with zero attached hydrogens (tertiary/aromatic N) is 4. The minimum absolute atomic E-state index is 0.738. The van der Waals surface area contributed by atoms with Crippen molar-refractivity contribution in [3.8, 4) is 16.5 Å². The summed E-state index contributed by atoms with van der Waals surface area (Å²) in [5.41, 5.74) is 2.06. The molecule has 0 aliphatic carbocycles. The highest BCUT2D eigenvalue weighted by Gasteiger charge is 2.11. The molecule has 120 valence electrons. The molecule has 4 aromatic rings. The Labute approximate surface area is 147 Å². The van der Waals surface area contributed by atoms with Gasteiger partial charge in [-0.2, -0.15) is 0 Å². The van der Waals surface area contributed by atoms with Crippen LogP contribution in [0.2, 0.25) is 0 Å². The van der Waals surface area contributed by atoms with Crippen molar-refractivity contribution in [3.05, 3.63) is 65.6 Å². The Bertz CT molecular complexity index is 942. The van der Waals surface area contributed by atoms with Crippen molar-refractivity contribution >= 4 is 23.1 Å². The third-order valence-corrected chi connectivity index (χ3v) is 5.29. The van der Waals surface area contributed by atoms with Gasteiger partial charge in [-0.15, -0.1) is 21.5 Å². The molecule has 7 heteroatoms. The van der Waals surface area contributed by atoms with Crippen LogP contribution in [0.1, 0.15) is 11.5 Å². The van der Waals surface area contributed by atoms with Gasteiger partial charge in [-0.05, 0) is 31.2 Å². The fraction of sp³-hybridized carbons (Fsp3) is 0.118. The van der Waals surface area contributed by atoms with Gasteiger partial charge in [-0.25, -0.2) is 4.98 Å². The van der Waals surface area contributed by atoms with Crippen molar-refractivity contribution in [2.45, 2.75) is 17.8 Å². The molecule has 0 atom stereocenters. The number of para-hydroxylation sites is 1. The van der Waals surface area contributed by atoms with E-state index in [9.17, 15) is 0 Å². The molecule has 0 aliphatic heterocycles. The van der Waals surface area contributed by atoms with Gasteiger partial charge in [-0.3, -0.25) is 4.57 Å². The van der Waals surface area contributed by atoms with Crippen LogP contribution in [-0.4, -0.2) is 19.7 Å². The topological polar surface area (TPSA) is 56.7 Å². The fourth-order valence-corrected chi connectivity index (χ4v) is 3.97. The zero-order valence-corrected chi connectivity index (χ0v) is 14.5. The molecule has 0 saturated heterocycles. The van der Waals surface area contributed by atoms with Gasteiger partial charge in [-0.1, -0.05) is 30.0 Å². The number of rotatable bonds is 5. The average Bonchev–Trinajstić information content (AvgIpc) is 3.34. The van der Waals surface area contributed by atoms with Crippen LogP contribution in [0.25, 0.3) is 16.5 Å². The van der Waals surface area contributed by atoms with Crippen molar-refractivity contribution < 1.29 is 4.42 Å². The van der Waals surface area contributed by atoms with E-state index in [0.29, 0.717) is 0 Å². The number of thioether (sulfide) groups is 1. The second kappa shape index (κ2) is 6.62. The highest BCUT2D eigenvalue weighted by atomic mass is 32.2. The summed E-state index contributed by atoms with van der Waals surface area (Å²) in [6, 6.07) is 14.0. The summed E-state index contributed by atoms with van der Waals surface area (Å²) in [7, 11) is 0. The molecule has 1 aromatic carbocycles. The highest BCUT2D eigenvalue weighted by Crippen LogP contribution is 2.29. The molecule has 3 heterocycles. The van der Waals surface area contributed by atoms with Crippen LogP contribution < -0.4 is 0 Å². The third kappa shape index (κ3) is 3.13. The molecule has 4 rings (SSSR count). The van der Waals surface area contributed by atoms with Gasteiger partial charge in [0.2, 0.25) is 0 Å². The summed E-state index contributed by atoms with van der Waals surface area (Å²) < 4.78 is 7.60. The Morgan fingerprint density at radius 1 is 1.17 bits per heavy atom. The van der Waals surface area contributed by atoms with E-state index >= 15 is 0 Å². The van der Waals surface area contributed by atoms with E-state index in [1.807, 2.05) is 54.0 Å². The van der Waals surface area contributed by atoms with Crippen LogP contribution in [0.15, 0.2) is 63.7 Å². The number of aryl methyl sites for hydroxylation is 1. The minimum Gasteiger partial charge on any atom is -0.459 e. The third-order valence-electron chi connectivity index (χ3n) is 3.40. The predicted molar refractivity (Wildman–Crippen MR) is 95.5 cm³/mol. The quantitative estimate of drug-likeness (QED) is 0.491. The summed E-state index contributed by atoms with van der Waals surface area (Å²) in [6.07, 6.45) is 1.73. The van der Waals surface area contributed by atoms with Crippen molar-refractivity contribution in [2.75, 3.05) is 0 Å². The second-order valence-electron chi connectivity index (χ2n) is 5.16. The first kappa shape index (κ1) is 15.2. The van der Waals surface area contributed by atoms with E-state index in [2.05, 4.69) is 20.6 Å². The van der Waals surface area contributed by atoms with E-state index in [0.717, 1.165) is 38.8 Å². The summed E-state index contributed by atoms with van der Waals surface area (Å²) in [6.45, 7) is 1.93. The Balaban J connectivity index is 1.49. The first-order valence-corrected chi connectivity index (χ1v) is 9.25. The molecule has 24 heavy (non-hydrogen) atoms. The summed E-state index contributed by atoms with van der Waals surface area (Å²) in [5.74, 6) is 2.45. The molecule has 0 aliphatic rings. The highest BCUT2D eigenvalue weighted by molar-refractivity contribution is 7.98. The lowest BCUT2D eigenvalue weighted by Gasteiger charge is -2.04. The van der Waals surface area contributed by atoms with Crippen LogP contribution in [0.3, 0.4) is 0 Å². The summed E-state index contributed by atoms with van der Waals surface area (Å²) in [5, 5.41) is 12.1. The van der Waals surface area contributed by atoms with Crippen molar-refractivity contribution in [2.24, 2.45) is 0 Å². The summed E-state index contributed by atoms with van der Waals surface area (Å²) in [4.78, 5) is 4.64. The lowest BCUT2D eigenvalue weighted by molar-refractivity contribution is 0.548. The molecule has 0 unspecified atom stereocenters. The summed E-state index contributed by atoms with van der Waals surface area (Å²) >= 11 is 3.21. The molecule has 0 radical (unpaired) electrons. The van der Waals surface area contributed by atoms with Crippen LogP contribution in [0.4, 0.5) is 0 Å². The number of hydrogen-bond donors (Lipinski definition) is 0. The first-order valence-electron chi connectivity index (χ1n) is 7.39. The van der Waals surface area contributed by atoms with Gasteiger partial charge in [0.25, 0.3) is 0 Å². The van der Waals surface area contributed by atoms with Crippen molar-refractivity contribution in [1.29, 1.82) is 0 Å². The van der Waals surface area contributed by atoms with Crippen LogP contribution in [-0.2, 0) is 5.75 Å². The zero-order chi connectivity index (χ0) is 16.4. The normalized spacial score (nSPS) is 11.0. The van der Waals surface area contributed by atoms with Gasteiger partial charge in [0.15, 0.2) is 15.9 Å². The SMILES string of the molecule is Cc1ccc(-c2nc(CSc3nncn3-c3ccccc3)cs2)o1. The lowest BCUT2D eigenvalue weighted by Crippen LogP contribution is -1.94.